The molecule has 85 heavy (non-hydrogen) atoms. The van der Waals surface area contributed by atoms with E-state index in [-0.39, 0.29) is 62.5 Å². The number of rotatable bonds is 30. The van der Waals surface area contributed by atoms with Crippen LogP contribution in [0.25, 0.3) is 21.8 Å². The number of hydrogen-bond donors (Lipinski definition) is 15. The zero-order valence-electron chi connectivity index (χ0n) is 46.8. The van der Waals surface area contributed by atoms with Gasteiger partial charge in [-0.25, -0.2) is 9.78 Å². The Bertz CT molecular complexity index is 3340. The van der Waals surface area contributed by atoms with E-state index in [4.69, 9.17) is 11.5 Å². The molecule has 15 N–H and O–H groups in total. The first-order valence-corrected chi connectivity index (χ1v) is 29.0. The van der Waals surface area contributed by atoms with Gasteiger partial charge in [0.1, 0.15) is 48.3 Å². The Morgan fingerprint density at radius 2 is 1.12 bits per heavy atom. The smallest absolute Gasteiger partial charge is 0.327 e. The van der Waals surface area contributed by atoms with Crippen LogP contribution in [0.2, 0.25) is 0 Å². The number of carbonyl (C=O) groups is 10. The van der Waals surface area contributed by atoms with Gasteiger partial charge in [-0.05, 0) is 54.0 Å². The molecule has 9 amide bonds. The quantitative estimate of drug-likeness (QED) is 0.0269. The molecule has 9 atom stereocenters. The minimum Gasteiger partial charge on any atom is -0.480 e. The van der Waals surface area contributed by atoms with E-state index in [0.29, 0.717) is 28.8 Å². The highest BCUT2D eigenvalue weighted by Gasteiger charge is 2.41. The predicted molar refractivity (Wildman–Crippen MR) is 321 cm³/mol. The maximum atomic E-state index is 15.2. The molecule has 0 bridgehead atoms. The number of thiol groups is 2. The van der Waals surface area contributed by atoms with E-state index in [1.807, 2.05) is 42.5 Å². The number of carboxylic acid groups (broad SMARTS) is 1. The third kappa shape index (κ3) is 17.4. The molecule has 3 aromatic heterocycles. The van der Waals surface area contributed by atoms with Gasteiger partial charge in [-0.2, -0.15) is 25.3 Å². The molecule has 0 unspecified atom stereocenters. The van der Waals surface area contributed by atoms with E-state index in [1.54, 1.807) is 62.6 Å². The molecule has 0 spiro atoms. The van der Waals surface area contributed by atoms with Gasteiger partial charge in [0, 0.05) is 89.8 Å². The summed E-state index contributed by atoms with van der Waals surface area (Å²) in [7, 11) is 0. The summed E-state index contributed by atoms with van der Waals surface area (Å²) in [5, 5.41) is 30.0. The van der Waals surface area contributed by atoms with Crippen LogP contribution in [0, 0.1) is 5.92 Å². The van der Waals surface area contributed by atoms with E-state index < -0.39 is 120 Å². The van der Waals surface area contributed by atoms with Crippen molar-refractivity contribution in [2.45, 2.75) is 120 Å². The predicted octanol–water partition coefficient (Wildman–Crippen LogP) is 0.220. The molecule has 1 fully saturated rings. The van der Waals surface area contributed by atoms with E-state index in [0.717, 1.165) is 21.8 Å². The summed E-state index contributed by atoms with van der Waals surface area (Å²) < 4.78 is 0. The van der Waals surface area contributed by atoms with Crippen molar-refractivity contribution in [3.05, 3.63) is 126 Å². The van der Waals surface area contributed by atoms with Gasteiger partial charge < -0.3 is 73.6 Å². The number of hydrogen-bond acceptors (Lipinski definition) is 14. The van der Waals surface area contributed by atoms with Crippen LogP contribution in [-0.4, -0.2) is 162 Å². The van der Waals surface area contributed by atoms with Crippen molar-refractivity contribution < 1.29 is 53.1 Å². The molecule has 27 heteroatoms. The van der Waals surface area contributed by atoms with Gasteiger partial charge in [-0.15, -0.1) is 0 Å². The van der Waals surface area contributed by atoms with Crippen LogP contribution >= 0.6 is 25.3 Å². The first-order chi connectivity index (χ1) is 40.7. The molecular weight excluding hydrogens is 1130 g/mol. The third-order valence-corrected chi connectivity index (χ3v) is 15.3. The summed E-state index contributed by atoms with van der Waals surface area (Å²) in [6.45, 7) is 3.67. The second kappa shape index (κ2) is 30.2. The minimum absolute atomic E-state index is 0.0475. The zero-order chi connectivity index (χ0) is 61.3. The average Bonchev–Trinajstić information content (AvgIpc) is 4.36. The Kier molecular flexibility index (Phi) is 22.7. The largest absolute Gasteiger partial charge is 0.480 e. The monoisotopic (exact) mass is 1200 g/mol. The number of benzene rings is 3. The van der Waals surface area contributed by atoms with Crippen molar-refractivity contribution in [2.75, 3.05) is 18.1 Å². The fraction of sp³-hybridized carbons (Fsp3) is 0.397. The number of primary amides is 1. The molecule has 4 heterocycles. The fourth-order valence-electron chi connectivity index (χ4n) is 10.1. The molecular formula is C58H72N14O11S2. The number of nitrogens with zero attached hydrogens (tertiary/aromatic N) is 2. The molecule has 452 valence electrons. The first kappa shape index (κ1) is 63.9. The summed E-state index contributed by atoms with van der Waals surface area (Å²) in [5.41, 5.74) is 15.1. The number of nitrogens with two attached hydrogens (primary N) is 2. The van der Waals surface area contributed by atoms with Gasteiger partial charge >= 0.3 is 5.97 Å². The highest BCUT2D eigenvalue weighted by Crippen LogP contribution is 2.25. The molecule has 1 aliphatic rings. The molecule has 1 aliphatic heterocycles. The Morgan fingerprint density at radius 1 is 0.612 bits per heavy atom. The van der Waals surface area contributed by atoms with E-state index in [2.05, 4.69) is 82.4 Å². The average molecular weight is 1210 g/mol. The van der Waals surface area contributed by atoms with Crippen LogP contribution in [0.15, 0.2) is 104 Å². The number of aliphatic carboxylic acids is 1. The lowest BCUT2D eigenvalue weighted by Crippen LogP contribution is -2.61. The van der Waals surface area contributed by atoms with Crippen LogP contribution in [0.4, 0.5) is 0 Å². The fourth-order valence-corrected chi connectivity index (χ4v) is 10.5. The lowest BCUT2D eigenvalue weighted by molar-refractivity contribution is -0.142. The van der Waals surface area contributed by atoms with Gasteiger partial charge in [-0.3, -0.25) is 43.2 Å². The van der Waals surface area contributed by atoms with Crippen molar-refractivity contribution in [1.29, 1.82) is 0 Å². The Balaban J connectivity index is 1.15. The summed E-state index contributed by atoms with van der Waals surface area (Å²) in [4.78, 5) is 153. The molecule has 0 aliphatic carbocycles. The maximum absolute atomic E-state index is 15.2. The van der Waals surface area contributed by atoms with E-state index in [1.165, 1.54) is 17.4 Å². The number of amides is 9. The SMILES string of the molecule is CC(C)C[C@H](NC(=O)[C@H](CC(N)=O)NC(=O)[C@@H](N)CS)C(=O)N[C@@H](Cc1c[nH]c2ccccc12)C(=O)N1CCC[C@H]1C(=O)N[C@@H](Cc1cnc[nH]1)C(=O)N[C@@H](Cc1ccccc1)C(=O)N[C@@H](Cc1c[nH]c2ccccc12)C(=O)N[C@@H](CS)C(=O)O. The normalized spacial score (nSPS) is 16.0. The molecule has 3 aromatic carbocycles. The molecule has 25 nitrogen and oxygen atoms in total. The summed E-state index contributed by atoms with van der Waals surface area (Å²) >= 11 is 8.14. The Hall–Kier alpha value is -8.69. The van der Waals surface area contributed by atoms with Gasteiger partial charge in [0.15, 0.2) is 0 Å². The highest BCUT2D eigenvalue weighted by molar-refractivity contribution is 7.80. The molecule has 0 saturated carbocycles. The number of aromatic amines is 3. The summed E-state index contributed by atoms with van der Waals surface area (Å²) in [6.07, 6.45) is 5.71. The standard InChI is InChI=1S/C58H72N14O11S2/c1-31(2)19-41(66-55(79)45(24-49(60)73)65-50(74)38(59)28-84)51(75)70-46(22-34-26-63-40-16-9-7-14-37(34)40)57(81)72-18-10-17-48(72)56(80)69-44(23-35-27-61-30-64-35)54(78)67-42(20-32-11-4-3-5-12-32)52(76)68-43(53(77)71-47(29-85)58(82)83)21-33-25-62-39-15-8-6-13-36(33)39/h3-9,11-16,25-27,30-31,38,41-48,62-63,84-85H,10,17-24,28-29,59H2,1-2H3,(H2,60,73)(H,61,64)(H,65,74)(H,66,79)(H,67,78)(H,68,76)(H,69,80)(H,70,75)(H,71,77)(H,82,83)/t38-,41-,42-,43-,44-,45-,46-,47-,48-/m0/s1. The van der Waals surface area contributed by atoms with E-state index in [9.17, 15) is 48.3 Å². The zero-order valence-corrected chi connectivity index (χ0v) is 48.6. The maximum Gasteiger partial charge on any atom is 0.327 e. The van der Waals surface area contributed by atoms with Gasteiger partial charge in [-0.1, -0.05) is 80.6 Å². The number of carbonyl (C=O) groups excluding carboxylic acids is 9. The second-order valence-corrected chi connectivity index (χ2v) is 22.1. The number of H-pyrrole nitrogens is 3. The minimum atomic E-state index is -1.51. The molecule has 7 rings (SSSR count). The number of para-hydroxylation sites is 2. The van der Waals surface area contributed by atoms with Gasteiger partial charge in [0.25, 0.3) is 0 Å². The number of imidazole rings is 1. The topological polar surface area (TPSA) is 391 Å². The van der Waals surface area contributed by atoms with Crippen molar-refractivity contribution in [2.24, 2.45) is 17.4 Å². The number of carboxylic acids is 1. The van der Waals surface area contributed by atoms with Crippen molar-refractivity contribution in [1.82, 2.24) is 62.1 Å². The lowest BCUT2D eigenvalue weighted by atomic mass is 9.99. The van der Waals surface area contributed by atoms with Crippen LogP contribution < -0.4 is 48.7 Å². The number of likely N-dealkylation sites (tertiary alicyclic amines) is 1. The number of aromatic nitrogens is 4. The number of nitrogens with one attached hydrogen (secondary N) is 10. The van der Waals surface area contributed by atoms with Crippen molar-refractivity contribution in [3.63, 3.8) is 0 Å². The third-order valence-electron chi connectivity index (χ3n) is 14.5. The Labute approximate surface area is 500 Å². The lowest BCUT2D eigenvalue weighted by Gasteiger charge is -2.31. The molecule has 1 saturated heterocycles. The van der Waals surface area contributed by atoms with Crippen molar-refractivity contribution in [3.8, 4) is 0 Å². The molecule has 0 radical (unpaired) electrons. The van der Waals surface area contributed by atoms with E-state index >= 15 is 4.79 Å². The summed E-state index contributed by atoms with van der Waals surface area (Å²) in [5.74, 6) is -9.12. The van der Waals surface area contributed by atoms with Gasteiger partial charge in [0.2, 0.25) is 53.2 Å². The van der Waals surface area contributed by atoms with Crippen LogP contribution in [-0.2, 0) is 73.6 Å². The van der Waals surface area contributed by atoms with Gasteiger partial charge in [0.05, 0.1) is 18.8 Å². The summed E-state index contributed by atoms with van der Waals surface area (Å²) in [6, 6.07) is 11.3. The van der Waals surface area contributed by atoms with Crippen molar-refractivity contribution >= 4 is 106 Å². The van der Waals surface area contributed by atoms with Crippen LogP contribution in [0.3, 0.4) is 0 Å². The second-order valence-electron chi connectivity index (χ2n) is 21.3. The Morgan fingerprint density at radius 3 is 1.67 bits per heavy atom. The highest BCUT2D eigenvalue weighted by atomic mass is 32.1. The first-order valence-electron chi connectivity index (χ1n) is 27.8. The molecule has 6 aromatic rings. The number of fused-ring (bicyclic) bond motifs is 2. The van der Waals surface area contributed by atoms with Crippen LogP contribution in [0.5, 0.6) is 0 Å². The van der Waals surface area contributed by atoms with Crippen LogP contribution in [0.1, 0.15) is 61.9 Å².